The van der Waals surface area contributed by atoms with Crippen molar-refractivity contribution in [1.29, 1.82) is 0 Å². The molecule has 0 saturated heterocycles. The molecule has 2 aliphatic rings. The molecule has 0 saturated carbocycles. The molecule has 37 heavy (non-hydrogen) atoms. The standard InChI is InChI=1S/C33H43N3O/c1-5-7-13-28-23(3)35(4)32(29(28)14-8-6-2)30-19-25-15-17-34-21-27(25)20-31(30)33(37)36-18-16-24-11-9-10-12-26(24)22-36/h9-12,19-20,34H,5-8,13-18,21-22H2,1-4H3. The lowest BCUT2D eigenvalue weighted by atomic mass is 9.89. The highest BCUT2D eigenvalue weighted by Crippen LogP contribution is 2.38. The molecule has 0 fully saturated rings. The second-order valence-corrected chi connectivity index (χ2v) is 11.0. The Morgan fingerprint density at radius 3 is 2.41 bits per heavy atom. The number of carbonyl (C=O) groups is 1. The lowest BCUT2D eigenvalue weighted by Gasteiger charge is -2.30. The zero-order chi connectivity index (χ0) is 25.9. The first kappa shape index (κ1) is 25.8. The maximum absolute atomic E-state index is 14.3. The molecule has 0 bridgehead atoms. The Bertz CT molecular complexity index is 1290. The Balaban J connectivity index is 1.64. The van der Waals surface area contributed by atoms with Crippen LogP contribution in [-0.2, 0) is 45.8 Å². The van der Waals surface area contributed by atoms with E-state index in [2.05, 4.69) is 79.0 Å². The summed E-state index contributed by atoms with van der Waals surface area (Å²) >= 11 is 0. The van der Waals surface area contributed by atoms with Crippen LogP contribution < -0.4 is 5.32 Å². The van der Waals surface area contributed by atoms with Crippen molar-refractivity contribution in [3.63, 3.8) is 0 Å². The molecule has 3 heterocycles. The first-order valence-corrected chi connectivity index (χ1v) is 14.4. The quantitative estimate of drug-likeness (QED) is 0.384. The van der Waals surface area contributed by atoms with Gasteiger partial charge in [-0.1, -0.05) is 51.0 Å². The minimum Gasteiger partial charge on any atom is -0.347 e. The summed E-state index contributed by atoms with van der Waals surface area (Å²) in [5.41, 5.74) is 13.0. The van der Waals surface area contributed by atoms with Gasteiger partial charge in [0, 0.05) is 43.5 Å². The Hall–Kier alpha value is -2.85. The Labute approximate surface area is 223 Å². The second-order valence-electron chi connectivity index (χ2n) is 11.0. The number of unbranched alkanes of at least 4 members (excludes halogenated alkanes) is 2. The van der Waals surface area contributed by atoms with Crippen LogP contribution in [0.4, 0.5) is 0 Å². The van der Waals surface area contributed by atoms with E-state index in [1.165, 1.54) is 70.5 Å². The Kier molecular flexibility index (Phi) is 7.85. The van der Waals surface area contributed by atoms with Crippen molar-refractivity contribution in [2.45, 2.75) is 85.2 Å². The zero-order valence-corrected chi connectivity index (χ0v) is 23.3. The highest BCUT2D eigenvalue weighted by Gasteiger charge is 2.29. The summed E-state index contributed by atoms with van der Waals surface area (Å²) in [4.78, 5) is 16.4. The van der Waals surface area contributed by atoms with Crippen LogP contribution >= 0.6 is 0 Å². The van der Waals surface area contributed by atoms with Crippen molar-refractivity contribution in [3.8, 4) is 11.3 Å². The average Bonchev–Trinajstić information content (AvgIpc) is 3.17. The zero-order valence-electron chi connectivity index (χ0n) is 23.3. The van der Waals surface area contributed by atoms with Gasteiger partial charge in [-0.3, -0.25) is 4.79 Å². The van der Waals surface area contributed by atoms with E-state index in [1.54, 1.807) is 0 Å². The molecule has 1 N–H and O–H groups in total. The number of rotatable bonds is 8. The summed E-state index contributed by atoms with van der Waals surface area (Å²) in [5, 5.41) is 3.52. The van der Waals surface area contributed by atoms with Gasteiger partial charge >= 0.3 is 0 Å². The molecule has 0 atom stereocenters. The molecule has 1 amide bonds. The number of nitrogens with one attached hydrogen (secondary N) is 1. The van der Waals surface area contributed by atoms with E-state index in [4.69, 9.17) is 0 Å². The Morgan fingerprint density at radius 1 is 0.919 bits per heavy atom. The summed E-state index contributed by atoms with van der Waals surface area (Å²) in [6.45, 7) is 10.1. The lowest BCUT2D eigenvalue weighted by molar-refractivity contribution is 0.0735. The van der Waals surface area contributed by atoms with Crippen molar-refractivity contribution >= 4 is 5.91 Å². The van der Waals surface area contributed by atoms with E-state index >= 15 is 0 Å². The number of fused-ring (bicyclic) bond motifs is 2. The van der Waals surface area contributed by atoms with E-state index in [0.717, 1.165) is 56.4 Å². The van der Waals surface area contributed by atoms with Crippen molar-refractivity contribution in [3.05, 3.63) is 81.0 Å². The van der Waals surface area contributed by atoms with Crippen LogP contribution in [0.1, 0.15) is 89.0 Å². The fourth-order valence-corrected chi connectivity index (χ4v) is 6.33. The summed E-state index contributed by atoms with van der Waals surface area (Å²) in [5.74, 6) is 0.174. The van der Waals surface area contributed by atoms with E-state index < -0.39 is 0 Å². The van der Waals surface area contributed by atoms with Crippen LogP contribution in [0.2, 0.25) is 0 Å². The monoisotopic (exact) mass is 497 g/mol. The fourth-order valence-electron chi connectivity index (χ4n) is 6.33. The smallest absolute Gasteiger partial charge is 0.254 e. The number of amides is 1. The number of aromatic nitrogens is 1. The molecular formula is C33H43N3O. The normalized spacial score (nSPS) is 15.0. The number of nitrogens with zero attached hydrogens (tertiary/aromatic N) is 2. The third-order valence-corrected chi connectivity index (χ3v) is 8.62. The van der Waals surface area contributed by atoms with Gasteiger partial charge in [-0.05, 0) is 97.5 Å². The highest BCUT2D eigenvalue weighted by molar-refractivity contribution is 6.01. The molecular weight excluding hydrogens is 454 g/mol. The van der Waals surface area contributed by atoms with Crippen LogP contribution in [0.3, 0.4) is 0 Å². The lowest BCUT2D eigenvalue weighted by Crippen LogP contribution is -2.36. The van der Waals surface area contributed by atoms with Gasteiger partial charge in [-0.15, -0.1) is 0 Å². The van der Waals surface area contributed by atoms with Gasteiger partial charge in [0.1, 0.15) is 0 Å². The average molecular weight is 498 g/mol. The van der Waals surface area contributed by atoms with Crippen LogP contribution in [-0.4, -0.2) is 28.5 Å². The Morgan fingerprint density at radius 2 is 1.65 bits per heavy atom. The topological polar surface area (TPSA) is 37.3 Å². The van der Waals surface area contributed by atoms with E-state index in [9.17, 15) is 4.79 Å². The molecule has 3 aromatic rings. The maximum Gasteiger partial charge on any atom is 0.254 e. The van der Waals surface area contributed by atoms with Gasteiger partial charge in [0.15, 0.2) is 0 Å². The third-order valence-electron chi connectivity index (χ3n) is 8.62. The number of benzene rings is 2. The molecule has 196 valence electrons. The molecule has 4 nitrogen and oxygen atoms in total. The fraction of sp³-hybridized carbons (Fsp3) is 0.485. The molecule has 0 spiro atoms. The third kappa shape index (κ3) is 5.01. The maximum atomic E-state index is 14.3. The molecule has 0 aliphatic carbocycles. The van der Waals surface area contributed by atoms with E-state index in [-0.39, 0.29) is 5.91 Å². The van der Waals surface area contributed by atoms with Gasteiger partial charge in [0.25, 0.3) is 5.91 Å². The van der Waals surface area contributed by atoms with Gasteiger partial charge in [-0.2, -0.15) is 0 Å². The minimum atomic E-state index is 0.174. The van der Waals surface area contributed by atoms with E-state index in [1.807, 2.05) is 0 Å². The molecule has 1 aromatic heterocycles. The van der Waals surface area contributed by atoms with Crippen molar-refractivity contribution < 1.29 is 4.79 Å². The van der Waals surface area contributed by atoms with Crippen LogP contribution in [0.15, 0.2) is 36.4 Å². The molecule has 2 aliphatic heterocycles. The second kappa shape index (κ2) is 11.3. The molecule has 0 radical (unpaired) electrons. The van der Waals surface area contributed by atoms with Crippen molar-refractivity contribution in [2.75, 3.05) is 13.1 Å². The SMILES string of the molecule is CCCCc1c(CCCC)c(-c2cc3c(cc2C(=O)N2CCc4ccccc4C2)CNCC3)n(C)c1C. The molecule has 4 heteroatoms. The van der Waals surface area contributed by atoms with Crippen LogP contribution in [0, 0.1) is 6.92 Å². The summed E-state index contributed by atoms with van der Waals surface area (Å²) in [6, 6.07) is 13.2. The van der Waals surface area contributed by atoms with Crippen molar-refractivity contribution in [1.82, 2.24) is 14.8 Å². The minimum absolute atomic E-state index is 0.174. The number of hydrogen-bond acceptors (Lipinski definition) is 2. The summed E-state index contributed by atoms with van der Waals surface area (Å²) < 4.78 is 2.39. The van der Waals surface area contributed by atoms with Gasteiger partial charge in [0.2, 0.25) is 0 Å². The van der Waals surface area contributed by atoms with Gasteiger partial charge < -0.3 is 14.8 Å². The summed E-state index contributed by atoms with van der Waals surface area (Å²) in [6.07, 6.45) is 8.90. The predicted molar refractivity (Wildman–Crippen MR) is 153 cm³/mol. The predicted octanol–water partition coefficient (Wildman–Crippen LogP) is 6.53. The number of hydrogen-bond donors (Lipinski definition) is 1. The largest absolute Gasteiger partial charge is 0.347 e. The summed E-state index contributed by atoms with van der Waals surface area (Å²) in [7, 11) is 2.21. The number of carbonyl (C=O) groups excluding carboxylic acids is 1. The van der Waals surface area contributed by atoms with Crippen LogP contribution in [0.25, 0.3) is 11.3 Å². The highest BCUT2D eigenvalue weighted by atomic mass is 16.2. The van der Waals surface area contributed by atoms with E-state index in [0.29, 0.717) is 6.54 Å². The first-order valence-electron chi connectivity index (χ1n) is 14.4. The van der Waals surface area contributed by atoms with Crippen LogP contribution in [0.5, 0.6) is 0 Å². The van der Waals surface area contributed by atoms with Gasteiger partial charge in [0.05, 0.1) is 5.69 Å². The molecule has 0 unspecified atom stereocenters. The first-order chi connectivity index (χ1) is 18.0. The molecule has 5 rings (SSSR count). The molecule has 2 aromatic carbocycles. The van der Waals surface area contributed by atoms with Gasteiger partial charge in [-0.25, -0.2) is 0 Å². The van der Waals surface area contributed by atoms with Crippen molar-refractivity contribution in [2.24, 2.45) is 7.05 Å².